The molecule has 3 aromatic rings. The smallest absolute Gasteiger partial charge is 0.213 e. The number of halogens is 1. The average Bonchev–Trinajstić information content (AvgIpc) is 2.43. The lowest BCUT2D eigenvalue weighted by Gasteiger charge is -2.05. The van der Waals surface area contributed by atoms with Gasteiger partial charge >= 0.3 is 0 Å². The first-order valence-corrected chi connectivity index (χ1v) is 6.67. The normalized spacial score (nSPS) is 10.3. The summed E-state index contributed by atoms with van der Waals surface area (Å²) >= 11 is 0. The van der Waals surface area contributed by atoms with Crippen LogP contribution in [-0.4, -0.2) is 0 Å². The van der Waals surface area contributed by atoms with Crippen LogP contribution in [0.25, 0.3) is 10.9 Å². The van der Waals surface area contributed by atoms with Crippen LogP contribution in [0, 0.1) is 13.8 Å². The van der Waals surface area contributed by atoms with Crippen molar-refractivity contribution in [3.63, 3.8) is 0 Å². The average molecular weight is 284 g/mol. The van der Waals surface area contributed by atoms with Crippen LogP contribution in [0.15, 0.2) is 60.8 Å². The molecule has 0 saturated carbocycles. The number of hydrogen-bond donors (Lipinski definition) is 0. The number of aryl methyl sites for hydroxylation is 2. The molecule has 0 fully saturated rings. The molecule has 0 unspecified atom stereocenters. The first-order valence-electron chi connectivity index (χ1n) is 6.67. The Labute approximate surface area is 126 Å². The van der Waals surface area contributed by atoms with Crippen molar-refractivity contribution in [3.8, 4) is 0 Å². The van der Waals surface area contributed by atoms with Gasteiger partial charge in [-0.1, -0.05) is 42.0 Å². The van der Waals surface area contributed by atoms with E-state index in [1.807, 2.05) is 0 Å². The monoisotopic (exact) mass is 283 g/mol. The zero-order valence-corrected chi connectivity index (χ0v) is 12.6. The fraction of sp³-hybridized carbons (Fsp3) is 0.167. The maximum atomic E-state index is 2.32. The van der Waals surface area contributed by atoms with Crippen molar-refractivity contribution >= 4 is 10.9 Å². The summed E-state index contributed by atoms with van der Waals surface area (Å²) in [4.78, 5) is 0. The zero-order chi connectivity index (χ0) is 13.2. The molecule has 1 nitrogen and oxygen atoms in total. The van der Waals surface area contributed by atoms with Gasteiger partial charge in [-0.3, -0.25) is 0 Å². The molecule has 0 aliphatic heterocycles. The van der Waals surface area contributed by atoms with Crippen molar-refractivity contribution in [3.05, 3.63) is 77.5 Å². The molecule has 0 bridgehead atoms. The van der Waals surface area contributed by atoms with Crippen LogP contribution in [0.2, 0.25) is 0 Å². The lowest BCUT2D eigenvalue weighted by molar-refractivity contribution is -0.662. The van der Waals surface area contributed by atoms with Crippen LogP contribution in [-0.2, 0) is 6.54 Å². The van der Waals surface area contributed by atoms with Crippen molar-refractivity contribution in [2.24, 2.45) is 0 Å². The maximum absolute atomic E-state index is 2.32. The third-order valence-corrected chi connectivity index (χ3v) is 3.59. The van der Waals surface area contributed by atoms with E-state index in [9.17, 15) is 0 Å². The molecule has 3 rings (SSSR count). The van der Waals surface area contributed by atoms with Crippen LogP contribution >= 0.6 is 0 Å². The van der Waals surface area contributed by atoms with Crippen molar-refractivity contribution in [2.75, 3.05) is 0 Å². The summed E-state index contributed by atoms with van der Waals surface area (Å²) in [5, 5.41) is 1.35. The van der Waals surface area contributed by atoms with E-state index in [-0.39, 0.29) is 12.4 Å². The highest BCUT2D eigenvalue weighted by Gasteiger charge is 2.11. The fourth-order valence-corrected chi connectivity index (χ4v) is 2.51. The Morgan fingerprint density at radius 3 is 2.40 bits per heavy atom. The van der Waals surface area contributed by atoms with E-state index >= 15 is 0 Å². The fourth-order valence-electron chi connectivity index (χ4n) is 2.51. The van der Waals surface area contributed by atoms with Crippen LogP contribution in [0.4, 0.5) is 0 Å². The maximum Gasteiger partial charge on any atom is 0.213 e. The van der Waals surface area contributed by atoms with Crippen molar-refractivity contribution in [2.45, 2.75) is 20.4 Å². The number of fused-ring (bicyclic) bond motifs is 1. The van der Waals surface area contributed by atoms with Gasteiger partial charge in [-0.05, 0) is 25.5 Å². The van der Waals surface area contributed by atoms with Gasteiger partial charge in [0.25, 0.3) is 0 Å². The lowest BCUT2D eigenvalue weighted by atomic mass is 10.1. The lowest BCUT2D eigenvalue weighted by Crippen LogP contribution is -3.00. The zero-order valence-electron chi connectivity index (χ0n) is 11.8. The van der Waals surface area contributed by atoms with Gasteiger partial charge in [0.1, 0.15) is 0 Å². The summed E-state index contributed by atoms with van der Waals surface area (Å²) in [7, 11) is 0. The highest BCUT2D eigenvalue weighted by Crippen LogP contribution is 2.16. The molecular formula is C18H18ClN. The molecule has 0 aliphatic rings. The highest BCUT2D eigenvalue weighted by molar-refractivity contribution is 5.79. The molecule has 0 saturated heterocycles. The Balaban J connectivity index is 0.00000147. The summed E-state index contributed by atoms with van der Waals surface area (Å²) in [6.45, 7) is 5.24. The topological polar surface area (TPSA) is 3.88 Å². The van der Waals surface area contributed by atoms with E-state index in [1.165, 1.54) is 27.6 Å². The number of nitrogens with zero attached hydrogens (tertiary/aromatic N) is 1. The van der Waals surface area contributed by atoms with Gasteiger partial charge in [-0.15, -0.1) is 0 Å². The Morgan fingerprint density at radius 2 is 1.65 bits per heavy atom. The van der Waals surface area contributed by atoms with E-state index in [1.54, 1.807) is 0 Å². The molecule has 0 aliphatic carbocycles. The molecular weight excluding hydrogens is 266 g/mol. The second-order valence-electron chi connectivity index (χ2n) is 5.13. The molecule has 0 N–H and O–H groups in total. The van der Waals surface area contributed by atoms with Crippen LogP contribution in [0.3, 0.4) is 0 Å². The Bertz CT molecular complexity index is 720. The van der Waals surface area contributed by atoms with Gasteiger partial charge < -0.3 is 12.4 Å². The van der Waals surface area contributed by atoms with Crippen molar-refractivity contribution < 1.29 is 17.0 Å². The second kappa shape index (κ2) is 6.06. The molecule has 2 aromatic carbocycles. The summed E-state index contributed by atoms with van der Waals surface area (Å²) in [5.41, 5.74) is 5.28. The van der Waals surface area contributed by atoms with E-state index in [0.29, 0.717) is 0 Å². The predicted octanol–water partition coefficient (Wildman–Crippen LogP) is 0.796. The molecule has 102 valence electrons. The highest BCUT2D eigenvalue weighted by atomic mass is 35.5. The standard InChI is InChI=1S/C18H18N.ClH/c1-14-8-9-18-17(12-14)15(2)10-11-19(18)13-16-6-4-3-5-7-16;/h3-12H,13H2,1-2H3;1H/q+1;/p-1. The first kappa shape index (κ1) is 14.5. The first-order chi connectivity index (χ1) is 9.24. The Hall–Kier alpha value is -1.86. The third-order valence-electron chi connectivity index (χ3n) is 3.59. The van der Waals surface area contributed by atoms with E-state index in [0.717, 1.165) is 6.54 Å². The minimum atomic E-state index is 0. The summed E-state index contributed by atoms with van der Waals surface area (Å²) in [5.74, 6) is 0. The Kier molecular flexibility index (Phi) is 4.41. The SMILES string of the molecule is Cc1ccc2c(c1)c(C)cc[n+]2Cc1ccccc1.[Cl-]. The number of aromatic nitrogens is 1. The van der Waals surface area contributed by atoms with Crippen molar-refractivity contribution in [1.82, 2.24) is 0 Å². The van der Waals surface area contributed by atoms with Gasteiger partial charge in [0, 0.05) is 23.1 Å². The molecule has 20 heavy (non-hydrogen) atoms. The second-order valence-corrected chi connectivity index (χ2v) is 5.13. The quantitative estimate of drug-likeness (QED) is 0.613. The number of rotatable bonds is 2. The number of hydrogen-bond acceptors (Lipinski definition) is 0. The van der Waals surface area contributed by atoms with Crippen molar-refractivity contribution in [1.29, 1.82) is 0 Å². The summed E-state index contributed by atoms with van der Waals surface area (Å²) in [6.07, 6.45) is 2.18. The largest absolute Gasteiger partial charge is 1.00 e. The van der Waals surface area contributed by atoms with Gasteiger partial charge in [-0.25, -0.2) is 0 Å². The minimum Gasteiger partial charge on any atom is -1.00 e. The molecule has 0 amide bonds. The van der Waals surface area contributed by atoms with Gasteiger partial charge in [0.15, 0.2) is 12.7 Å². The van der Waals surface area contributed by atoms with Gasteiger partial charge in [0.2, 0.25) is 5.52 Å². The molecule has 2 heteroatoms. The van der Waals surface area contributed by atoms with E-state index in [2.05, 4.69) is 79.2 Å². The third kappa shape index (κ3) is 2.83. The summed E-state index contributed by atoms with van der Waals surface area (Å²) in [6, 6.07) is 19.5. The molecule has 0 radical (unpaired) electrons. The number of benzene rings is 2. The van der Waals surface area contributed by atoms with Crippen LogP contribution in [0.5, 0.6) is 0 Å². The Morgan fingerprint density at radius 1 is 0.900 bits per heavy atom. The van der Waals surface area contributed by atoms with Crippen LogP contribution < -0.4 is 17.0 Å². The molecule has 1 aromatic heterocycles. The molecule has 0 spiro atoms. The van der Waals surface area contributed by atoms with Crippen LogP contribution in [0.1, 0.15) is 16.7 Å². The van der Waals surface area contributed by atoms with E-state index < -0.39 is 0 Å². The molecule has 0 atom stereocenters. The number of pyridine rings is 1. The summed E-state index contributed by atoms with van der Waals surface area (Å²) < 4.78 is 2.32. The molecule has 1 heterocycles. The van der Waals surface area contributed by atoms with Gasteiger partial charge in [-0.2, -0.15) is 4.57 Å². The predicted molar refractivity (Wildman–Crippen MR) is 79.2 cm³/mol. The minimum absolute atomic E-state index is 0. The van der Waals surface area contributed by atoms with Gasteiger partial charge in [0.05, 0.1) is 0 Å². The van der Waals surface area contributed by atoms with E-state index in [4.69, 9.17) is 0 Å².